The van der Waals surface area contributed by atoms with Gasteiger partial charge < -0.3 is 4.74 Å². The molecule has 1 aliphatic rings. The lowest BCUT2D eigenvalue weighted by atomic mass is 9.82. The van der Waals surface area contributed by atoms with Crippen molar-refractivity contribution in [2.75, 3.05) is 7.11 Å². The maximum Gasteiger partial charge on any atom is 0.317 e. The van der Waals surface area contributed by atoms with Crippen LogP contribution in [0.2, 0.25) is 5.28 Å². The molecule has 0 aliphatic heterocycles. The summed E-state index contributed by atoms with van der Waals surface area (Å²) in [6.45, 7) is 0. The highest BCUT2D eigenvalue weighted by Crippen LogP contribution is 2.41. The largest absolute Gasteiger partial charge is 0.468 e. The van der Waals surface area contributed by atoms with Crippen LogP contribution in [0.1, 0.15) is 31.4 Å². The Labute approximate surface area is 99.0 Å². The number of aromatic nitrogens is 2. The summed E-state index contributed by atoms with van der Waals surface area (Å²) in [5.41, 5.74) is 0.0678. The van der Waals surface area contributed by atoms with Gasteiger partial charge >= 0.3 is 5.97 Å². The topological polar surface area (TPSA) is 52.1 Å². The van der Waals surface area contributed by atoms with Gasteiger partial charge in [-0.3, -0.25) is 4.79 Å². The molecule has 0 aromatic carbocycles. The number of methoxy groups -OCH3 is 1. The van der Waals surface area contributed by atoms with E-state index < -0.39 is 5.41 Å². The van der Waals surface area contributed by atoms with Crippen LogP contribution in [0.4, 0.5) is 0 Å². The van der Waals surface area contributed by atoms with Crippen molar-refractivity contribution in [1.29, 1.82) is 0 Å². The highest BCUT2D eigenvalue weighted by atomic mass is 35.5. The van der Waals surface area contributed by atoms with Gasteiger partial charge in [-0.15, -0.1) is 0 Å². The normalized spacial score (nSPS) is 18.4. The van der Waals surface area contributed by atoms with Gasteiger partial charge in [0.2, 0.25) is 5.28 Å². The maximum atomic E-state index is 11.9. The van der Waals surface area contributed by atoms with Gasteiger partial charge in [0.25, 0.3) is 0 Å². The Morgan fingerprint density at radius 2 is 2.19 bits per heavy atom. The molecule has 0 spiro atoms. The molecule has 0 radical (unpaired) electrons. The van der Waals surface area contributed by atoms with Crippen LogP contribution in [0.5, 0.6) is 0 Å². The van der Waals surface area contributed by atoms with Crippen molar-refractivity contribution in [1.82, 2.24) is 9.97 Å². The summed E-state index contributed by atoms with van der Waals surface area (Å²) in [5, 5.41) is 0.174. The SMILES string of the molecule is COC(=O)C1(c2ccnc(Cl)n2)CCCC1. The molecule has 0 atom stereocenters. The fraction of sp³-hybridized carbons (Fsp3) is 0.545. The minimum atomic E-state index is -0.610. The van der Waals surface area contributed by atoms with E-state index in [0.29, 0.717) is 5.69 Å². The number of halogens is 1. The standard InChI is InChI=1S/C11H13ClN2O2/c1-16-9(15)11(5-2-3-6-11)8-4-7-13-10(12)14-8/h4,7H,2-3,5-6H2,1H3. The first-order valence-electron chi connectivity index (χ1n) is 5.26. The summed E-state index contributed by atoms with van der Waals surface area (Å²) in [7, 11) is 1.41. The molecule has 5 heteroatoms. The Morgan fingerprint density at radius 1 is 1.50 bits per heavy atom. The van der Waals surface area contributed by atoms with Gasteiger partial charge in [0, 0.05) is 6.20 Å². The summed E-state index contributed by atoms with van der Waals surface area (Å²) in [4.78, 5) is 19.9. The predicted molar refractivity (Wildman–Crippen MR) is 59.2 cm³/mol. The number of nitrogens with zero attached hydrogens (tertiary/aromatic N) is 2. The second kappa shape index (κ2) is 4.37. The third-order valence-corrected chi connectivity index (χ3v) is 3.33. The average molecular weight is 241 g/mol. The van der Waals surface area contributed by atoms with Crippen molar-refractivity contribution in [3.05, 3.63) is 23.2 Å². The van der Waals surface area contributed by atoms with E-state index in [1.54, 1.807) is 12.3 Å². The van der Waals surface area contributed by atoms with Crippen molar-refractivity contribution >= 4 is 17.6 Å². The third-order valence-electron chi connectivity index (χ3n) is 3.15. The quantitative estimate of drug-likeness (QED) is 0.587. The first-order valence-corrected chi connectivity index (χ1v) is 5.64. The maximum absolute atomic E-state index is 11.9. The highest BCUT2D eigenvalue weighted by Gasteiger charge is 2.45. The third kappa shape index (κ3) is 1.78. The molecular formula is C11H13ClN2O2. The molecule has 1 saturated carbocycles. The van der Waals surface area contributed by atoms with Gasteiger partial charge in [0.1, 0.15) is 5.41 Å². The summed E-state index contributed by atoms with van der Waals surface area (Å²) in [6.07, 6.45) is 5.14. The molecule has 0 bridgehead atoms. The van der Waals surface area contributed by atoms with Gasteiger partial charge in [-0.05, 0) is 30.5 Å². The lowest BCUT2D eigenvalue weighted by Gasteiger charge is -2.24. The van der Waals surface area contributed by atoms with Crippen LogP contribution in [-0.2, 0) is 14.9 Å². The number of ether oxygens (including phenoxy) is 1. The Balaban J connectivity index is 2.43. The van der Waals surface area contributed by atoms with E-state index in [1.165, 1.54) is 7.11 Å². The molecule has 0 N–H and O–H groups in total. The van der Waals surface area contributed by atoms with Crippen LogP contribution in [0.15, 0.2) is 12.3 Å². The molecule has 0 saturated heterocycles. The van der Waals surface area contributed by atoms with Crippen LogP contribution in [0, 0.1) is 0 Å². The average Bonchev–Trinajstić information content (AvgIpc) is 2.78. The van der Waals surface area contributed by atoms with E-state index in [-0.39, 0.29) is 11.3 Å². The Morgan fingerprint density at radius 3 is 2.75 bits per heavy atom. The summed E-state index contributed by atoms with van der Waals surface area (Å²) in [6, 6.07) is 1.74. The van der Waals surface area contributed by atoms with Crippen molar-refractivity contribution < 1.29 is 9.53 Å². The van der Waals surface area contributed by atoms with Crippen molar-refractivity contribution in [2.45, 2.75) is 31.1 Å². The van der Waals surface area contributed by atoms with Crippen LogP contribution in [-0.4, -0.2) is 23.0 Å². The molecule has 2 rings (SSSR count). The minimum Gasteiger partial charge on any atom is -0.468 e. The molecule has 4 nitrogen and oxygen atoms in total. The number of carbonyl (C=O) groups excluding carboxylic acids is 1. The van der Waals surface area contributed by atoms with E-state index >= 15 is 0 Å². The first kappa shape index (κ1) is 11.3. The predicted octanol–water partition coefficient (Wildman–Crippen LogP) is 2.11. The van der Waals surface area contributed by atoms with Crippen molar-refractivity contribution in [3.8, 4) is 0 Å². The summed E-state index contributed by atoms with van der Waals surface area (Å²) < 4.78 is 4.89. The van der Waals surface area contributed by atoms with Gasteiger partial charge in [0.05, 0.1) is 12.8 Å². The Kier molecular flexibility index (Phi) is 3.10. The van der Waals surface area contributed by atoms with Crippen LogP contribution in [0.3, 0.4) is 0 Å². The minimum absolute atomic E-state index is 0.174. The van der Waals surface area contributed by atoms with E-state index in [9.17, 15) is 4.79 Å². The molecule has 1 aromatic heterocycles. The molecule has 1 heterocycles. The second-order valence-electron chi connectivity index (χ2n) is 3.99. The van der Waals surface area contributed by atoms with Gasteiger partial charge in [-0.2, -0.15) is 0 Å². The summed E-state index contributed by atoms with van der Waals surface area (Å²) in [5.74, 6) is -0.222. The van der Waals surface area contributed by atoms with Crippen LogP contribution >= 0.6 is 11.6 Å². The fourth-order valence-corrected chi connectivity index (χ4v) is 2.49. The lowest BCUT2D eigenvalue weighted by Crippen LogP contribution is -2.35. The molecule has 1 aromatic rings. The number of carbonyl (C=O) groups is 1. The number of hydrogen-bond donors (Lipinski definition) is 0. The van der Waals surface area contributed by atoms with Gasteiger partial charge in [0.15, 0.2) is 0 Å². The molecule has 1 aliphatic carbocycles. The lowest BCUT2D eigenvalue weighted by molar-refractivity contribution is -0.147. The van der Waals surface area contributed by atoms with Gasteiger partial charge in [-0.25, -0.2) is 9.97 Å². The monoisotopic (exact) mass is 240 g/mol. The second-order valence-corrected chi connectivity index (χ2v) is 4.33. The molecule has 0 unspecified atom stereocenters. The van der Waals surface area contributed by atoms with Crippen molar-refractivity contribution in [2.24, 2.45) is 0 Å². The first-order chi connectivity index (χ1) is 7.69. The molecule has 86 valence electrons. The van der Waals surface area contributed by atoms with Crippen LogP contribution in [0.25, 0.3) is 0 Å². The molecular weight excluding hydrogens is 228 g/mol. The zero-order chi connectivity index (χ0) is 11.6. The van der Waals surface area contributed by atoms with E-state index in [1.807, 2.05) is 0 Å². The zero-order valence-corrected chi connectivity index (χ0v) is 9.83. The molecule has 1 fully saturated rings. The zero-order valence-electron chi connectivity index (χ0n) is 9.07. The Hall–Kier alpha value is -1.16. The summed E-state index contributed by atoms with van der Waals surface area (Å²) >= 11 is 5.76. The van der Waals surface area contributed by atoms with Crippen LogP contribution < -0.4 is 0 Å². The smallest absolute Gasteiger partial charge is 0.317 e. The van der Waals surface area contributed by atoms with E-state index in [2.05, 4.69) is 9.97 Å². The fourth-order valence-electron chi connectivity index (χ4n) is 2.34. The van der Waals surface area contributed by atoms with Crippen molar-refractivity contribution in [3.63, 3.8) is 0 Å². The van der Waals surface area contributed by atoms with Gasteiger partial charge in [-0.1, -0.05) is 12.8 Å². The Bertz CT molecular complexity index is 403. The number of rotatable bonds is 2. The van der Waals surface area contributed by atoms with E-state index in [0.717, 1.165) is 25.7 Å². The number of hydrogen-bond acceptors (Lipinski definition) is 4. The highest BCUT2D eigenvalue weighted by molar-refractivity contribution is 6.28. The molecule has 16 heavy (non-hydrogen) atoms. The molecule has 0 amide bonds. The number of esters is 1. The van der Waals surface area contributed by atoms with E-state index in [4.69, 9.17) is 16.3 Å².